The van der Waals surface area contributed by atoms with E-state index in [1.54, 1.807) is 41.5 Å². The Morgan fingerprint density at radius 2 is 1.82 bits per heavy atom. The summed E-state index contributed by atoms with van der Waals surface area (Å²) in [6.07, 6.45) is 0. The fourth-order valence-corrected chi connectivity index (χ4v) is 4.56. The minimum absolute atomic E-state index is 0.170. The Bertz CT molecular complexity index is 1020. The van der Waals surface area contributed by atoms with Crippen LogP contribution in [0.1, 0.15) is 0 Å². The standard InChI is InChI=1S/C19H18Cl2N4O2S/c1-27-16-5-3-12(20)10-15(16)22-18(26)24-6-8-25(9-7-24)19-23-14-4-2-13(21)11-17(14)28-19/h2-5,10-11H,6-9H2,1H3,(H,22,26). The number of piperazine rings is 1. The molecule has 1 fully saturated rings. The second kappa shape index (κ2) is 8.03. The summed E-state index contributed by atoms with van der Waals surface area (Å²) in [4.78, 5) is 21.3. The molecule has 1 aliphatic heterocycles. The first-order valence-electron chi connectivity index (χ1n) is 8.74. The lowest BCUT2D eigenvalue weighted by atomic mass is 10.3. The summed E-state index contributed by atoms with van der Waals surface area (Å²) in [7, 11) is 1.56. The highest BCUT2D eigenvalue weighted by Crippen LogP contribution is 2.31. The number of ether oxygens (including phenoxy) is 1. The van der Waals surface area contributed by atoms with Gasteiger partial charge in [-0.1, -0.05) is 34.5 Å². The molecule has 9 heteroatoms. The van der Waals surface area contributed by atoms with E-state index < -0.39 is 0 Å². The van der Waals surface area contributed by atoms with Gasteiger partial charge in [0.25, 0.3) is 0 Å². The number of carbonyl (C=O) groups excluding carboxylic acids is 1. The molecular weight excluding hydrogens is 419 g/mol. The van der Waals surface area contributed by atoms with Crippen molar-refractivity contribution in [3.05, 3.63) is 46.4 Å². The van der Waals surface area contributed by atoms with E-state index in [-0.39, 0.29) is 6.03 Å². The van der Waals surface area contributed by atoms with Crippen molar-refractivity contribution in [2.45, 2.75) is 0 Å². The summed E-state index contributed by atoms with van der Waals surface area (Å²) >= 11 is 13.7. The number of methoxy groups -OCH3 is 1. The molecule has 0 saturated carbocycles. The third-order valence-corrected chi connectivity index (χ3v) is 6.13. The third kappa shape index (κ3) is 3.97. The van der Waals surface area contributed by atoms with Crippen molar-refractivity contribution in [1.29, 1.82) is 0 Å². The van der Waals surface area contributed by atoms with Crippen LogP contribution in [0.4, 0.5) is 15.6 Å². The van der Waals surface area contributed by atoms with Gasteiger partial charge in [0.15, 0.2) is 5.13 Å². The van der Waals surface area contributed by atoms with Gasteiger partial charge >= 0.3 is 6.03 Å². The van der Waals surface area contributed by atoms with Crippen molar-refractivity contribution in [2.24, 2.45) is 0 Å². The molecule has 0 atom stereocenters. The van der Waals surface area contributed by atoms with Crippen LogP contribution in [0.2, 0.25) is 10.0 Å². The maximum Gasteiger partial charge on any atom is 0.322 e. The Hall–Kier alpha value is -2.22. The molecule has 146 valence electrons. The van der Waals surface area contributed by atoms with Gasteiger partial charge in [-0.15, -0.1) is 0 Å². The highest BCUT2D eigenvalue weighted by molar-refractivity contribution is 7.22. The minimum Gasteiger partial charge on any atom is -0.495 e. The molecule has 1 N–H and O–H groups in total. The summed E-state index contributed by atoms with van der Waals surface area (Å²) in [5, 5.41) is 5.09. The van der Waals surface area contributed by atoms with Crippen LogP contribution in [0, 0.1) is 0 Å². The molecule has 1 aliphatic rings. The second-order valence-corrected chi connectivity index (χ2v) is 8.24. The lowest BCUT2D eigenvalue weighted by Gasteiger charge is -2.34. The SMILES string of the molecule is COc1ccc(Cl)cc1NC(=O)N1CCN(c2nc3ccc(Cl)cc3s2)CC1. The molecule has 3 aromatic rings. The van der Waals surface area contributed by atoms with Gasteiger partial charge < -0.3 is 19.9 Å². The van der Waals surface area contributed by atoms with Gasteiger partial charge in [-0.25, -0.2) is 9.78 Å². The number of hydrogen-bond acceptors (Lipinski definition) is 5. The molecule has 0 aliphatic carbocycles. The summed E-state index contributed by atoms with van der Waals surface area (Å²) in [5.41, 5.74) is 1.50. The lowest BCUT2D eigenvalue weighted by molar-refractivity contribution is 0.208. The number of nitrogens with zero attached hydrogens (tertiary/aromatic N) is 3. The summed E-state index contributed by atoms with van der Waals surface area (Å²) in [6.45, 7) is 2.64. The summed E-state index contributed by atoms with van der Waals surface area (Å²) < 4.78 is 6.35. The van der Waals surface area contributed by atoms with Gasteiger partial charge in [-0.3, -0.25) is 0 Å². The van der Waals surface area contributed by atoms with E-state index in [1.165, 1.54) is 0 Å². The molecule has 4 rings (SSSR count). The highest BCUT2D eigenvalue weighted by Gasteiger charge is 2.24. The van der Waals surface area contributed by atoms with E-state index in [4.69, 9.17) is 27.9 Å². The molecule has 6 nitrogen and oxygen atoms in total. The smallest absolute Gasteiger partial charge is 0.322 e. The maximum atomic E-state index is 12.6. The number of benzene rings is 2. The van der Waals surface area contributed by atoms with Crippen molar-refractivity contribution >= 4 is 61.6 Å². The number of carbonyl (C=O) groups is 1. The van der Waals surface area contributed by atoms with Crippen LogP contribution < -0.4 is 15.0 Å². The Labute approximate surface area is 176 Å². The molecule has 0 bridgehead atoms. The van der Waals surface area contributed by atoms with E-state index >= 15 is 0 Å². The van der Waals surface area contributed by atoms with Crippen molar-refractivity contribution < 1.29 is 9.53 Å². The number of anilines is 2. The number of aromatic nitrogens is 1. The van der Waals surface area contributed by atoms with E-state index in [0.717, 1.165) is 15.3 Å². The fraction of sp³-hybridized carbons (Fsp3) is 0.263. The third-order valence-electron chi connectivity index (χ3n) is 4.58. The zero-order valence-corrected chi connectivity index (χ0v) is 17.4. The van der Waals surface area contributed by atoms with Crippen LogP contribution in [-0.2, 0) is 0 Å². The van der Waals surface area contributed by atoms with Crippen LogP contribution in [0.5, 0.6) is 5.75 Å². The topological polar surface area (TPSA) is 57.7 Å². The number of thiazole rings is 1. The fourth-order valence-electron chi connectivity index (χ4n) is 3.09. The van der Waals surface area contributed by atoms with Crippen molar-refractivity contribution in [3.8, 4) is 5.75 Å². The van der Waals surface area contributed by atoms with Crippen molar-refractivity contribution in [2.75, 3.05) is 43.5 Å². The number of halogens is 2. The normalized spacial score (nSPS) is 14.4. The second-order valence-electron chi connectivity index (χ2n) is 6.36. The average molecular weight is 437 g/mol. The Morgan fingerprint density at radius 3 is 2.57 bits per heavy atom. The van der Waals surface area contributed by atoms with Crippen LogP contribution in [0.3, 0.4) is 0 Å². The molecule has 1 saturated heterocycles. The van der Waals surface area contributed by atoms with E-state index in [2.05, 4.69) is 15.2 Å². The van der Waals surface area contributed by atoms with Gasteiger partial charge in [0.2, 0.25) is 0 Å². The van der Waals surface area contributed by atoms with Crippen LogP contribution in [0.15, 0.2) is 36.4 Å². The first kappa shape index (κ1) is 19.1. The van der Waals surface area contributed by atoms with E-state index in [0.29, 0.717) is 47.7 Å². The van der Waals surface area contributed by atoms with Crippen LogP contribution in [0.25, 0.3) is 10.2 Å². The van der Waals surface area contributed by atoms with Crippen molar-refractivity contribution in [3.63, 3.8) is 0 Å². The molecule has 2 amide bonds. The first-order valence-corrected chi connectivity index (χ1v) is 10.3. The Balaban J connectivity index is 1.40. The molecule has 0 unspecified atom stereocenters. The Kier molecular flexibility index (Phi) is 5.48. The zero-order valence-electron chi connectivity index (χ0n) is 15.1. The van der Waals surface area contributed by atoms with Crippen LogP contribution >= 0.6 is 34.5 Å². The molecular formula is C19H18Cl2N4O2S. The highest BCUT2D eigenvalue weighted by atomic mass is 35.5. The maximum absolute atomic E-state index is 12.6. The van der Waals surface area contributed by atoms with Gasteiger partial charge in [-0.05, 0) is 36.4 Å². The number of nitrogens with one attached hydrogen (secondary N) is 1. The van der Waals surface area contributed by atoms with Gasteiger partial charge in [0.1, 0.15) is 5.75 Å². The predicted molar refractivity (Wildman–Crippen MR) is 115 cm³/mol. The van der Waals surface area contributed by atoms with Gasteiger partial charge in [0, 0.05) is 36.2 Å². The molecule has 2 heterocycles. The number of amides is 2. The quantitative estimate of drug-likeness (QED) is 0.629. The Morgan fingerprint density at radius 1 is 1.11 bits per heavy atom. The first-order chi connectivity index (χ1) is 13.5. The van der Waals surface area contributed by atoms with Crippen LogP contribution in [-0.4, -0.2) is 49.2 Å². The summed E-state index contributed by atoms with van der Waals surface area (Å²) in [5.74, 6) is 0.574. The average Bonchev–Trinajstić information content (AvgIpc) is 3.11. The largest absolute Gasteiger partial charge is 0.495 e. The molecule has 28 heavy (non-hydrogen) atoms. The lowest BCUT2D eigenvalue weighted by Crippen LogP contribution is -2.50. The monoisotopic (exact) mass is 436 g/mol. The van der Waals surface area contributed by atoms with Gasteiger partial charge in [0.05, 0.1) is 23.0 Å². The van der Waals surface area contributed by atoms with Gasteiger partial charge in [-0.2, -0.15) is 0 Å². The molecule has 1 aromatic heterocycles. The zero-order chi connectivity index (χ0) is 19.7. The number of fused-ring (bicyclic) bond motifs is 1. The molecule has 2 aromatic carbocycles. The number of hydrogen-bond donors (Lipinski definition) is 1. The number of rotatable bonds is 3. The molecule has 0 radical (unpaired) electrons. The minimum atomic E-state index is -0.170. The van der Waals surface area contributed by atoms with E-state index in [1.807, 2.05) is 18.2 Å². The predicted octanol–water partition coefficient (Wildman–Crippen LogP) is 4.97. The number of urea groups is 1. The molecule has 0 spiro atoms. The van der Waals surface area contributed by atoms with Crippen molar-refractivity contribution in [1.82, 2.24) is 9.88 Å². The van der Waals surface area contributed by atoms with E-state index in [9.17, 15) is 4.79 Å². The summed E-state index contributed by atoms with van der Waals surface area (Å²) in [6, 6.07) is 10.7.